The van der Waals surface area contributed by atoms with E-state index in [4.69, 9.17) is 0 Å². The molecule has 0 saturated carbocycles. The standard InChI is InChI=1S/C24H47N2O/c1-4-6-7-8-9-10-11-12-13-14-15-16-17-18-19-20-24-25-21-22-26(24,5-2)23(3)27/h4,6,21,23-24,27H,5,7-20,22H2,1-3H3/q+1/b6-4+. The van der Waals surface area contributed by atoms with Crippen molar-refractivity contribution in [1.29, 1.82) is 0 Å². The van der Waals surface area contributed by atoms with Gasteiger partial charge < -0.3 is 5.11 Å². The Hall–Kier alpha value is -0.670. The number of allylic oxidation sites excluding steroid dienone is 2. The highest BCUT2D eigenvalue weighted by atomic mass is 16.3. The molecule has 158 valence electrons. The molecule has 1 N–H and O–H groups in total. The number of aliphatic imine (C=N–C) groups is 1. The number of quaternary nitrogens is 1. The lowest BCUT2D eigenvalue weighted by Crippen LogP contribution is -2.57. The smallest absolute Gasteiger partial charge is 0.189 e. The fourth-order valence-electron chi connectivity index (χ4n) is 4.44. The Balaban J connectivity index is 1.90. The van der Waals surface area contributed by atoms with Gasteiger partial charge in [0.05, 0.1) is 12.8 Å². The Morgan fingerprint density at radius 1 is 0.963 bits per heavy atom. The van der Waals surface area contributed by atoms with Crippen molar-refractivity contribution < 1.29 is 9.59 Å². The lowest BCUT2D eigenvalue weighted by atomic mass is 10.0. The molecule has 0 saturated heterocycles. The summed E-state index contributed by atoms with van der Waals surface area (Å²) >= 11 is 0. The molecule has 0 aromatic heterocycles. The number of rotatable bonds is 17. The molecule has 0 aromatic carbocycles. The van der Waals surface area contributed by atoms with Crippen molar-refractivity contribution in [3.63, 3.8) is 0 Å². The fourth-order valence-corrected chi connectivity index (χ4v) is 4.44. The van der Waals surface area contributed by atoms with Crippen LogP contribution in [0.5, 0.6) is 0 Å². The van der Waals surface area contributed by atoms with Crippen LogP contribution in [0.4, 0.5) is 0 Å². The molecule has 0 bridgehead atoms. The van der Waals surface area contributed by atoms with Crippen molar-refractivity contribution in [3.8, 4) is 0 Å². The third-order valence-electron chi connectivity index (χ3n) is 6.44. The molecular formula is C24H47N2O+. The van der Waals surface area contributed by atoms with Gasteiger partial charge >= 0.3 is 0 Å². The zero-order chi connectivity index (χ0) is 19.8. The van der Waals surface area contributed by atoms with Gasteiger partial charge in [-0.05, 0) is 33.1 Å². The first-order chi connectivity index (χ1) is 13.2. The highest BCUT2D eigenvalue weighted by Crippen LogP contribution is 2.26. The molecule has 3 atom stereocenters. The van der Waals surface area contributed by atoms with Crippen LogP contribution >= 0.6 is 0 Å². The van der Waals surface area contributed by atoms with Crippen LogP contribution < -0.4 is 0 Å². The van der Waals surface area contributed by atoms with E-state index in [1.807, 2.05) is 13.1 Å². The molecule has 3 unspecified atom stereocenters. The largest absolute Gasteiger partial charge is 0.345 e. The summed E-state index contributed by atoms with van der Waals surface area (Å²) < 4.78 is 0.745. The third kappa shape index (κ3) is 9.38. The second-order valence-electron chi connectivity index (χ2n) is 8.43. The Morgan fingerprint density at radius 3 is 1.96 bits per heavy atom. The monoisotopic (exact) mass is 379 g/mol. The highest BCUT2D eigenvalue weighted by molar-refractivity contribution is 5.60. The van der Waals surface area contributed by atoms with Gasteiger partial charge in [0.2, 0.25) is 0 Å². The van der Waals surface area contributed by atoms with Crippen molar-refractivity contribution in [3.05, 3.63) is 12.2 Å². The second kappa shape index (κ2) is 15.3. The molecule has 0 fully saturated rings. The van der Waals surface area contributed by atoms with Crippen LogP contribution in [0, 0.1) is 0 Å². The van der Waals surface area contributed by atoms with Crippen molar-refractivity contribution in [2.24, 2.45) is 4.99 Å². The van der Waals surface area contributed by atoms with Crippen LogP contribution in [0.15, 0.2) is 17.1 Å². The maximum Gasteiger partial charge on any atom is 0.189 e. The van der Waals surface area contributed by atoms with Crippen LogP contribution in [-0.4, -0.2) is 41.3 Å². The van der Waals surface area contributed by atoms with E-state index < -0.39 is 0 Å². The summed E-state index contributed by atoms with van der Waals surface area (Å²) in [6.07, 6.45) is 25.5. The number of hydrogen-bond donors (Lipinski definition) is 1. The molecule has 1 aliphatic rings. The molecule has 0 spiro atoms. The van der Waals surface area contributed by atoms with Gasteiger partial charge in [-0.25, -0.2) is 4.99 Å². The molecule has 3 nitrogen and oxygen atoms in total. The Morgan fingerprint density at radius 2 is 1.48 bits per heavy atom. The van der Waals surface area contributed by atoms with E-state index in [-0.39, 0.29) is 12.4 Å². The van der Waals surface area contributed by atoms with E-state index in [0.717, 1.165) is 24.0 Å². The maximum atomic E-state index is 10.2. The zero-order valence-corrected chi connectivity index (χ0v) is 18.5. The molecule has 3 heteroatoms. The maximum absolute atomic E-state index is 10.2. The van der Waals surface area contributed by atoms with Crippen molar-refractivity contribution in [2.75, 3.05) is 13.1 Å². The molecule has 0 radical (unpaired) electrons. The van der Waals surface area contributed by atoms with E-state index in [1.54, 1.807) is 0 Å². The lowest BCUT2D eigenvalue weighted by molar-refractivity contribution is -0.976. The van der Waals surface area contributed by atoms with Crippen molar-refractivity contribution in [1.82, 2.24) is 0 Å². The van der Waals surface area contributed by atoms with Gasteiger partial charge in [-0.2, -0.15) is 0 Å². The van der Waals surface area contributed by atoms with Gasteiger partial charge in [-0.1, -0.05) is 76.4 Å². The predicted octanol–water partition coefficient (Wildman–Crippen LogP) is 6.61. The molecule has 0 aromatic rings. The van der Waals surface area contributed by atoms with E-state index in [1.165, 1.54) is 83.5 Å². The quantitative estimate of drug-likeness (QED) is 0.172. The van der Waals surface area contributed by atoms with Crippen LogP contribution in [0.3, 0.4) is 0 Å². The molecule has 1 rings (SSSR count). The summed E-state index contributed by atoms with van der Waals surface area (Å²) in [5.41, 5.74) is 0. The lowest BCUT2D eigenvalue weighted by Gasteiger charge is -2.40. The summed E-state index contributed by atoms with van der Waals surface area (Å²) in [6.45, 7) is 8.08. The first kappa shape index (κ1) is 24.4. The minimum absolute atomic E-state index is 0.285. The minimum Gasteiger partial charge on any atom is -0.345 e. The number of nitrogens with zero attached hydrogens (tertiary/aromatic N) is 2. The first-order valence-electron chi connectivity index (χ1n) is 11.8. The summed E-state index contributed by atoms with van der Waals surface area (Å²) in [4.78, 5) is 4.67. The van der Waals surface area contributed by atoms with Gasteiger partial charge in [0.1, 0.15) is 6.54 Å². The van der Waals surface area contributed by atoms with E-state index in [9.17, 15) is 5.11 Å². The molecule has 0 aliphatic carbocycles. The summed E-state index contributed by atoms with van der Waals surface area (Å²) in [5.74, 6) is 0. The Bertz CT molecular complexity index is 405. The van der Waals surface area contributed by atoms with Gasteiger partial charge in [0.15, 0.2) is 12.4 Å². The topological polar surface area (TPSA) is 32.6 Å². The Labute approximate surface area is 169 Å². The SMILES string of the molecule is C/C=C/CCCCCCCCCCCCCCC1N=CC[N+]1(CC)C(C)O. The normalized spacial score (nSPS) is 23.5. The molecule has 1 aliphatic heterocycles. The number of hydrogen-bond acceptors (Lipinski definition) is 2. The summed E-state index contributed by atoms with van der Waals surface area (Å²) in [7, 11) is 0. The van der Waals surface area contributed by atoms with Gasteiger partial charge in [-0.15, -0.1) is 0 Å². The van der Waals surface area contributed by atoms with Crippen molar-refractivity contribution >= 4 is 6.21 Å². The van der Waals surface area contributed by atoms with Gasteiger partial charge in [-0.3, -0.25) is 4.48 Å². The number of aliphatic hydroxyl groups is 1. The minimum atomic E-state index is -0.310. The average molecular weight is 380 g/mol. The van der Waals surface area contributed by atoms with E-state index >= 15 is 0 Å². The molecule has 27 heavy (non-hydrogen) atoms. The molecule has 0 amide bonds. The van der Waals surface area contributed by atoms with Gasteiger partial charge in [0.25, 0.3) is 0 Å². The van der Waals surface area contributed by atoms with Crippen LogP contribution in [-0.2, 0) is 0 Å². The fraction of sp³-hybridized carbons (Fsp3) is 0.875. The average Bonchev–Trinajstić information content (AvgIpc) is 3.09. The van der Waals surface area contributed by atoms with E-state index in [0.29, 0.717) is 0 Å². The summed E-state index contributed by atoms with van der Waals surface area (Å²) in [5, 5.41) is 10.2. The number of aliphatic hydroxyl groups excluding tert-OH is 1. The third-order valence-corrected chi connectivity index (χ3v) is 6.44. The first-order valence-corrected chi connectivity index (χ1v) is 11.8. The van der Waals surface area contributed by atoms with E-state index in [2.05, 4.69) is 31.0 Å². The number of unbranched alkanes of at least 4 members (excludes halogenated alkanes) is 12. The van der Waals surface area contributed by atoms with Crippen molar-refractivity contribution in [2.45, 2.75) is 123 Å². The second-order valence-corrected chi connectivity index (χ2v) is 8.43. The summed E-state index contributed by atoms with van der Waals surface area (Å²) in [6, 6.07) is 0. The van der Waals surface area contributed by atoms with Gasteiger partial charge in [0, 0.05) is 13.3 Å². The zero-order valence-electron chi connectivity index (χ0n) is 18.5. The molecular weight excluding hydrogens is 332 g/mol. The Kier molecular flexibility index (Phi) is 13.8. The van der Waals surface area contributed by atoms with Crippen LogP contribution in [0.25, 0.3) is 0 Å². The van der Waals surface area contributed by atoms with Crippen LogP contribution in [0.1, 0.15) is 111 Å². The van der Waals surface area contributed by atoms with Crippen LogP contribution in [0.2, 0.25) is 0 Å². The predicted molar refractivity (Wildman–Crippen MR) is 119 cm³/mol. The molecule has 1 heterocycles. The highest BCUT2D eigenvalue weighted by Gasteiger charge is 2.41.